The summed E-state index contributed by atoms with van der Waals surface area (Å²) in [7, 11) is 0. The van der Waals surface area contributed by atoms with Gasteiger partial charge in [0, 0.05) is 30.8 Å². The van der Waals surface area contributed by atoms with Crippen molar-refractivity contribution in [3.05, 3.63) is 52.0 Å². The van der Waals surface area contributed by atoms with Crippen molar-refractivity contribution in [3.63, 3.8) is 0 Å². The number of benzene rings is 1. The standard InChI is InChI=1S/C16H21N3OS/c1-12-19-14(11-21-12)9-10-18-16(20)8-7-15(17)13-5-3-2-4-6-13/h2-6,11,15H,7-10,17H2,1H3,(H,18,20). The summed E-state index contributed by atoms with van der Waals surface area (Å²) in [5, 5.41) is 6.01. The molecule has 2 rings (SSSR count). The molecule has 1 aromatic heterocycles. The van der Waals surface area contributed by atoms with Gasteiger partial charge in [0.1, 0.15) is 0 Å². The number of carbonyl (C=O) groups is 1. The molecule has 21 heavy (non-hydrogen) atoms. The molecule has 3 N–H and O–H groups in total. The minimum Gasteiger partial charge on any atom is -0.356 e. The Morgan fingerprint density at radius 2 is 2.14 bits per heavy atom. The lowest BCUT2D eigenvalue weighted by molar-refractivity contribution is -0.121. The van der Waals surface area contributed by atoms with Crippen LogP contribution in [0.4, 0.5) is 0 Å². The third-order valence-electron chi connectivity index (χ3n) is 3.28. The molecule has 5 heteroatoms. The van der Waals surface area contributed by atoms with E-state index in [0.717, 1.165) is 22.7 Å². The van der Waals surface area contributed by atoms with Crippen LogP contribution in [-0.2, 0) is 11.2 Å². The second-order valence-electron chi connectivity index (χ2n) is 5.01. The van der Waals surface area contributed by atoms with E-state index in [1.54, 1.807) is 11.3 Å². The molecule has 1 unspecified atom stereocenters. The Balaban J connectivity index is 1.65. The minimum atomic E-state index is -0.0851. The average molecular weight is 303 g/mol. The molecule has 0 radical (unpaired) electrons. The molecule has 0 spiro atoms. The SMILES string of the molecule is Cc1nc(CCNC(=O)CCC(N)c2ccccc2)cs1. The summed E-state index contributed by atoms with van der Waals surface area (Å²) < 4.78 is 0. The molecule has 2 aromatic rings. The Labute approximate surface area is 129 Å². The van der Waals surface area contributed by atoms with E-state index in [0.29, 0.717) is 19.4 Å². The second-order valence-corrected chi connectivity index (χ2v) is 6.08. The number of hydrogen-bond donors (Lipinski definition) is 2. The highest BCUT2D eigenvalue weighted by molar-refractivity contribution is 7.09. The van der Waals surface area contributed by atoms with E-state index >= 15 is 0 Å². The third kappa shape index (κ3) is 5.28. The maximum atomic E-state index is 11.8. The quantitative estimate of drug-likeness (QED) is 0.826. The van der Waals surface area contributed by atoms with Crippen molar-refractivity contribution in [1.82, 2.24) is 10.3 Å². The molecule has 0 aliphatic rings. The first-order valence-electron chi connectivity index (χ1n) is 7.13. The first-order valence-corrected chi connectivity index (χ1v) is 8.01. The summed E-state index contributed by atoms with van der Waals surface area (Å²) >= 11 is 1.63. The first kappa shape index (κ1) is 15.7. The normalized spacial score (nSPS) is 12.1. The molecule has 1 aromatic carbocycles. The Kier molecular flexibility index (Phi) is 5.90. The van der Waals surface area contributed by atoms with Crippen LogP contribution in [0.5, 0.6) is 0 Å². The summed E-state index contributed by atoms with van der Waals surface area (Å²) in [4.78, 5) is 16.2. The van der Waals surface area contributed by atoms with Gasteiger partial charge in [-0.3, -0.25) is 4.79 Å². The Bertz CT molecular complexity index is 568. The zero-order chi connectivity index (χ0) is 15.1. The minimum absolute atomic E-state index is 0.0494. The van der Waals surface area contributed by atoms with Crippen molar-refractivity contribution in [3.8, 4) is 0 Å². The van der Waals surface area contributed by atoms with Crippen LogP contribution in [-0.4, -0.2) is 17.4 Å². The van der Waals surface area contributed by atoms with E-state index in [1.165, 1.54) is 0 Å². The fraction of sp³-hybridized carbons (Fsp3) is 0.375. The molecule has 0 saturated carbocycles. The predicted octanol–water partition coefficient (Wildman–Crippen LogP) is 2.59. The van der Waals surface area contributed by atoms with Gasteiger partial charge in [-0.15, -0.1) is 11.3 Å². The number of hydrogen-bond acceptors (Lipinski definition) is 4. The van der Waals surface area contributed by atoms with E-state index in [-0.39, 0.29) is 11.9 Å². The van der Waals surface area contributed by atoms with Crippen LogP contribution < -0.4 is 11.1 Å². The highest BCUT2D eigenvalue weighted by atomic mass is 32.1. The number of aryl methyl sites for hydroxylation is 1. The number of nitrogens with two attached hydrogens (primary N) is 1. The van der Waals surface area contributed by atoms with Gasteiger partial charge in [0.25, 0.3) is 0 Å². The lowest BCUT2D eigenvalue weighted by atomic mass is 10.0. The van der Waals surface area contributed by atoms with Crippen molar-refractivity contribution in [1.29, 1.82) is 0 Å². The summed E-state index contributed by atoms with van der Waals surface area (Å²) in [5.74, 6) is 0.0494. The Hall–Kier alpha value is -1.72. The zero-order valence-electron chi connectivity index (χ0n) is 12.2. The Morgan fingerprint density at radius 3 is 2.81 bits per heavy atom. The van der Waals surface area contributed by atoms with Gasteiger partial charge in [-0.05, 0) is 18.9 Å². The number of amides is 1. The molecule has 1 heterocycles. The van der Waals surface area contributed by atoms with Gasteiger partial charge in [-0.25, -0.2) is 4.98 Å². The first-order chi connectivity index (χ1) is 10.1. The van der Waals surface area contributed by atoms with Crippen molar-refractivity contribution < 1.29 is 4.79 Å². The van der Waals surface area contributed by atoms with E-state index < -0.39 is 0 Å². The van der Waals surface area contributed by atoms with Crippen LogP contribution in [0.15, 0.2) is 35.7 Å². The number of rotatable bonds is 7. The molecule has 0 aliphatic heterocycles. The largest absolute Gasteiger partial charge is 0.356 e. The number of nitrogens with one attached hydrogen (secondary N) is 1. The topological polar surface area (TPSA) is 68.0 Å². The second kappa shape index (κ2) is 7.90. The van der Waals surface area contributed by atoms with Gasteiger partial charge in [-0.1, -0.05) is 30.3 Å². The summed E-state index contributed by atoms with van der Waals surface area (Å²) in [5.41, 5.74) is 8.19. The van der Waals surface area contributed by atoms with Crippen LogP contribution in [0.3, 0.4) is 0 Å². The smallest absolute Gasteiger partial charge is 0.220 e. The Morgan fingerprint density at radius 1 is 1.38 bits per heavy atom. The van der Waals surface area contributed by atoms with Crippen molar-refractivity contribution >= 4 is 17.2 Å². The van der Waals surface area contributed by atoms with Crippen molar-refractivity contribution in [2.24, 2.45) is 5.73 Å². The molecule has 0 bridgehead atoms. The summed E-state index contributed by atoms with van der Waals surface area (Å²) in [6, 6.07) is 9.79. The van der Waals surface area contributed by atoms with Crippen molar-refractivity contribution in [2.75, 3.05) is 6.54 Å². The van der Waals surface area contributed by atoms with E-state index in [9.17, 15) is 4.79 Å². The monoisotopic (exact) mass is 303 g/mol. The maximum absolute atomic E-state index is 11.8. The van der Waals surface area contributed by atoms with Crippen LogP contribution in [0.25, 0.3) is 0 Å². The molecule has 1 amide bonds. The molecular weight excluding hydrogens is 282 g/mol. The van der Waals surface area contributed by atoms with E-state index in [4.69, 9.17) is 5.73 Å². The fourth-order valence-corrected chi connectivity index (χ4v) is 2.74. The maximum Gasteiger partial charge on any atom is 0.220 e. The lowest BCUT2D eigenvalue weighted by Gasteiger charge is -2.11. The number of thiazole rings is 1. The number of aromatic nitrogens is 1. The molecule has 0 saturated heterocycles. The van der Waals surface area contributed by atoms with Gasteiger partial charge in [-0.2, -0.15) is 0 Å². The van der Waals surface area contributed by atoms with Gasteiger partial charge in [0.05, 0.1) is 10.7 Å². The highest BCUT2D eigenvalue weighted by Crippen LogP contribution is 2.14. The van der Waals surface area contributed by atoms with Gasteiger partial charge in [0.2, 0.25) is 5.91 Å². The fourth-order valence-electron chi connectivity index (χ4n) is 2.09. The van der Waals surface area contributed by atoms with E-state index in [2.05, 4.69) is 10.3 Å². The predicted molar refractivity (Wildman–Crippen MR) is 86.2 cm³/mol. The van der Waals surface area contributed by atoms with Crippen molar-refractivity contribution in [2.45, 2.75) is 32.2 Å². The summed E-state index contributed by atoms with van der Waals surface area (Å²) in [6.07, 6.45) is 1.89. The van der Waals surface area contributed by atoms with Crippen LogP contribution in [0.1, 0.15) is 35.1 Å². The van der Waals surface area contributed by atoms with Crippen LogP contribution in [0.2, 0.25) is 0 Å². The molecule has 1 atom stereocenters. The third-order valence-corrected chi connectivity index (χ3v) is 4.10. The lowest BCUT2D eigenvalue weighted by Crippen LogP contribution is -2.26. The molecule has 4 nitrogen and oxygen atoms in total. The summed E-state index contributed by atoms with van der Waals surface area (Å²) in [6.45, 7) is 2.61. The molecule has 0 fully saturated rings. The van der Waals surface area contributed by atoms with Gasteiger partial charge >= 0.3 is 0 Å². The molecule has 0 aliphatic carbocycles. The number of carbonyl (C=O) groups excluding carboxylic acids is 1. The highest BCUT2D eigenvalue weighted by Gasteiger charge is 2.08. The average Bonchev–Trinajstić information content (AvgIpc) is 2.91. The number of nitrogens with zero attached hydrogens (tertiary/aromatic N) is 1. The van der Waals surface area contributed by atoms with Crippen LogP contribution in [0, 0.1) is 6.92 Å². The van der Waals surface area contributed by atoms with Gasteiger partial charge < -0.3 is 11.1 Å². The zero-order valence-corrected chi connectivity index (χ0v) is 13.0. The van der Waals surface area contributed by atoms with Crippen LogP contribution >= 0.6 is 11.3 Å². The van der Waals surface area contributed by atoms with Gasteiger partial charge in [0.15, 0.2) is 0 Å². The van der Waals surface area contributed by atoms with E-state index in [1.807, 2.05) is 42.6 Å². The molecular formula is C16H21N3OS. The molecule has 112 valence electrons.